The molecular formula is C15H19N3. The molecule has 1 fully saturated rings. The van der Waals surface area contributed by atoms with Gasteiger partial charge in [0.25, 0.3) is 0 Å². The third-order valence-corrected chi connectivity index (χ3v) is 3.79. The zero-order valence-corrected chi connectivity index (χ0v) is 10.5. The first-order valence-corrected chi connectivity index (χ1v) is 6.70. The van der Waals surface area contributed by atoms with Crippen LogP contribution in [0.1, 0.15) is 25.7 Å². The van der Waals surface area contributed by atoms with Gasteiger partial charge in [0.05, 0.1) is 0 Å². The Bertz CT molecular complexity index is 524. The van der Waals surface area contributed by atoms with E-state index in [4.69, 9.17) is 5.73 Å². The van der Waals surface area contributed by atoms with E-state index in [2.05, 4.69) is 21.8 Å². The van der Waals surface area contributed by atoms with E-state index >= 15 is 0 Å². The molecule has 1 aliphatic carbocycles. The Kier molecular flexibility index (Phi) is 3.05. The second-order valence-electron chi connectivity index (χ2n) is 5.18. The molecule has 0 bridgehead atoms. The molecule has 3 rings (SSSR count). The predicted molar refractivity (Wildman–Crippen MR) is 74.0 cm³/mol. The van der Waals surface area contributed by atoms with E-state index in [0.29, 0.717) is 0 Å². The van der Waals surface area contributed by atoms with E-state index in [1.807, 2.05) is 24.4 Å². The van der Waals surface area contributed by atoms with Crippen molar-refractivity contribution in [2.45, 2.75) is 32.2 Å². The molecular weight excluding hydrogens is 222 g/mol. The van der Waals surface area contributed by atoms with Gasteiger partial charge in [-0.3, -0.25) is 0 Å². The van der Waals surface area contributed by atoms with Crippen LogP contribution in [0.2, 0.25) is 0 Å². The first-order valence-electron chi connectivity index (χ1n) is 6.70. The lowest BCUT2D eigenvalue weighted by Gasteiger charge is -2.13. The number of imidazole rings is 1. The van der Waals surface area contributed by atoms with Crippen LogP contribution in [0.25, 0.3) is 11.4 Å². The highest BCUT2D eigenvalue weighted by Crippen LogP contribution is 2.28. The number of rotatable bonds is 3. The lowest BCUT2D eigenvalue weighted by Crippen LogP contribution is -2.08. The van der Waals surface area contributed by atoms with Crippen molar-refractivity contribution in [2.75, 3.05) is 5.73 Å². The Balaban J connectivity index is 1.86. The smallest absolute Gasteiger partial charge is 0.139 e. The molecule has 0 unspecified atom stereocenters. The Hall–Kier alpha value is -1.77. The molecule has 0 saturated heterocycles. The third kappa shape index (κ3) is 2.26. The van der Waals surface area contributed by atoms with Gasteiger partial charge in [-0.15, -0.1) is 0 Å². The summed E-state index contributed by atoms with van der Waals surface area (Å²) in [5.74, 6) is 1.85. The van der Waals surface area contributed by atoms with Crippen molar-refractivity contribution in [1.29, 1.82) is 0 Å². The average molecular weight is 241 g/mol. The number of nitrogens with zero attached hydrogens (tertiary/aromatic N) is 2. The fourth-order valence-electron chi connectivity index (χ4n) is 2.87. The van der Waals surface area contributed by atoms with Crippen LogP contribution in [0, 0.1) is 5.92 Å². The monoisotopic (exact) mass is 241 g/mol. The molecule has 94 valence electrons. The topological polar surface area (TPSA) is 43.8 Å². The number of hydrogen-bond acceptors (Lipinski definition) is 2. The zero-order chi connectivity index (χ0) is 12.4. The molecule has 1 heterocycles. The van der Waals surface area contributed by atoms with Crippen LogP contribution in [0.4, 0.5) is 5.69 Å². The highest BCUT2D eigenvalue weighted by atomic mass is 15.1. The zero-order valence-electron chi connectivity index (χ0n) is 10.5. The molecule has 2 aromatic rings. The maximum absolute atomic E-state index is 5.84. The summed E-state index contributed by atoms with van der Waals surface area (Å²) >= 11 is 0. The maximum Gasteiger partial charge on any atom is 0.139 e. The summed E-state index contributed by atoms with van der Waals surface area (Å²) in [5, 5.41) is 0. The lowest BCUT2D eigenvalue weighted by atomic mass is 10.1. The quantitative estimate of drug-likeness (QED) is 0.838. The highest BCUT2D eigenvalue weighted by molar-refractivity contribution is 5.61. The van der Waals surface area contributed by atoms with E-state index < -0.39 is 0 Å². The van der Waals surface area contributed by atoms with Crippen LogP contribution >= 0.6 is 0 Å². The van der Waals surface area contributed by atoms with Gasteiger partial charge in [-0.2, -0.15) is 0 Å². The van der Waals surface area contributed by atoms with E-state index in [-0.39, 0.29) is 0 Å². The van der Waals surface area contributed by atoms with Crippen molar-refractivity contribution in [3.05, 3.63) is 36.7 Å². The molecule has 1 saturated carbocycles. The van der Waals surface area contributed by atoms with Gasteiger partial charge in [-0.25, -0.2) is 4.98 Å². The first kappa shape index (κ1) is 11.3. The van der Waals surface area contributed by atoms with Gasteiger partial charge < -0.3 is 10.3 Å². The molecule has 18 heavy (non-hydrogen) atoms. The average Bonchev–Trinajstić information content (AvgIpc) is 3.01. The second-order valence-corrected chi connectivity index (χ2v) is 5.18. The van der Waals surface area contributed by atoms with Crippen LogP contribution in [0.15, 0.2) is 36.7 Å². The van der Waals surface area contributed by atoms with Crippen molar-refractivity contribution in [3.8, 4) is 11.4 Å². The number of nitrogens with two attached hydrogens (primary N) is 1. The molecule has 0 radical (unpaired) electrons. The molecule has 0 spiro atoms. The second kappa shape index (κ2) is 4.84. The Labute approximate surface area is 108 Å². The van der Waals surface area contributed by atoms with Gasteiger partial charge in [0.1, 0.15) is 5.82 Å². The van der Waals surface area contributed by atoms with Crippen LogP contribution in [-0.4, -0.2) is 9.55 Å². The standard InChI is InChI=1S/C15H19N3/c16-14-7-3-6-13(10-14)15-17-8-9-18(15)11-12-4-1-2-5-12/h3,6-10,12H,1-2,4-5,11,16H2. The largest absolute Gasteiger partial charge is 0.399 e. The predicted octanol–water partition coefficient (Wildman–Crippen LogP) is 3.32. The lowest BCUT2D eigenvalue weighted by molar-refractivity contribution is 0.460. The van der Waals surface area contributed by atoms with Crippen molar-refractivity contribution < 1.29 is 0 Å². The highest BCUT2D eigenvalue weighted by Gasteiger charge is 2.17. The van der Waals surface area contributed by atoms with E-state index in [1.54, 1.807) is 0 Å². The van der Waals surface area contributed by atoms with Gasteiger partial charge in [0.15, 0.2) is 0 Å². The van der Waals surface area contributed by atoms with Crippen molar-refractivity contribution in [1.82, 2.24) is 9.55 Å². The molecule has 1 aromatic carbocycles. The summed E-state index contributed by atoms with van der Waals surface area (Å²) in [6, 6.07) is 7.96. The fourth-order valence-corrected chi connectivity index (χ4v) is 2.87. The van der Waals surface area contributed by atoms with Crippen molar-refractivity contribution in [2.24, 2.45) is 5.92 Å². The number of nitrogen functional groups attached to an aromatic ring is 1. The molecule has 3 heteroatoms. The SMILES string of the molecule is Nc1cccc(-c2nccn2CC2CCCC2)c1. The van der Waals surface area contributed by atoms with E-state index in [1.165, 1.54) is 25.7 Å². The minimum Gasteiger partial charge on any atom is -0.399 e. The minimum absolute atomic E-state index is 0.794. The first-order chi connectivity index (χ1) is 8.83. The van der Waals surface area contributed by atoms with E-state index in [9.17, 15) is 0 Å². The van der Waals surface area contributed by atoms with Crippen molar-refractivity contribution >= 4 is 5.69 Å². The normalized spacial score (nSPS) is 16.2. The Morgan fingerprint density at radius 2 is 2.11 bits per heavy atom. The summed E-state index contributed by atoms with van der Waals surface area (Å²) in [6.45, 7) is 1.09. The summed E-state index contributed by atoms with van der Waals surface area (Å²) in [4.78, 5) is 4.48. The molecule has 3 nitrogen and oxygen atoms in total. The molecule has 1 aromatic heterocycles. The van der Waals surface area contributed by atoms with Crippen LogP contribution in [0.5, 0.6) is 0 Å². The Morgan fingerprint density at radius 3 is 2.89 bits per heavy atom. The maximum atomic E-state index is 5.84. The number of benzene rings is 1. The molecule has 2 N–H and O–H groups in total. The summed E-state index contributed by atoms with van der Waals surface area (Å²) in [5.41, 5.74) is 7.74. The summed E-state index contributed by atoms with van der Waals surface area (Å²) in [6.07, 6.45) is 9.44. The van der Waals surface area contributed by atoms with Crippen LogP contribution in [0.3, 0.4) is 0 Å². The summed E-state index contributed by atoms with van der Waals surface area (Å²) in [7, 11) is 0. The number of anilines is 1. The number of hydrogen-bond donors (Lipinski definition) is 1. The van der Waals surface area contributed by atoms with Crippen LogP contribution in [-0.2, 0) is 6.54 Å². The van der Waals surface area contributed by atoms with Gasteiger partial charge in [-0.05, 0) is 30.9 Å². The third-order valence-electron chi connectivity index (χ3n) is 3.79. The van der Waals surface area contributed by atoms with Gasteiger partial charge in [0.2, 0.25) is 0 Å². The van der Waals surface area contributed by atoms with Crippen molar-refractivity contribution in [3.63, 3.8) is 0 Å². The fraction of sp³-hybridized carbons (Fsp3) is 0.400. The van der Waals surface area contributed by atoms with E-state index in [0.717, 1.165) is 29.5 Å². The molecule has 1 aliphatic rings. The van der Waals surface area contributed by atoms with Gasteiger partial charge in [-0.1, -0.05) is 25.0 Å². The molecule has 0 amide bonds. The van der Waals surface area contributed by atoms with Gasteiger partial charge in [0, 0.05) is 30.2 Å². The van der Waals surface area contributed by atoms with Crippen LogP contribution < -0.4 is 5.73 Å². The summed E-state index contributed by atoms with van der Waals surface area (Å²) < 4.78 is 2.27. The minimum atomic E-state index is 0.794. The van der Waals surface area contributed by atoms with Gasteiger partial charge >= 0.3 is 0 Å². The Morgan fingerprint density at radius 1 is 1.28 bits per heavy atom. The molecule has 0 atom stereocenters. The number of aromatic nitrogens is 2. The molecule has 0 aliphatic heterocycles.